The van der Waals surface area contributed by atoms with Gasteiger partial charge in [0.1, 0.15) is 5.76 Å². The highest BCUT2D eigenvalue weighted by Crippen LogP contribution is 2.12. The van der Waals surface area contributed by atoms with Gasteiger partial charge in [0.25, 0.3) is 0 Å². The van der Waals surface area contributed by atoms with Crippen molar-refractivity contribution < 1.29 is 9.21 Å². The summed E-state index contributed by atoms with van der Waals surface area (Å²) in [6.07, 6.45) is 2.21. The molecule has 0 aromatic carbocycles. The van der Waals surface area contributed by atoms with Crippen molar-refractivity contribution in [3.05, 3.63) is 24.2 Å². The maximum absolute atomic E-state index is 12.0. The molecule has 0 spiro atoms. The molecule has 1 atom stereocenters. The van der Waals surface area contributed by atoms with Crippen LogP contribution in [0.25, 0.3) is 0 Å². The molecule has 1 aliphatic rings. The van der Waals surface area contributed by atoms with Gasteiger partial charge in [0, 0.05) is 37.6 Å². The second kappa shape index (κ2) is 7.71. The van der Waals surface area contributed by atoms with Crippen LogP contribution in [0.2, 0.25) is 0 Å². The molecule has 2 heterocycles. The summed E-state index contributed by atoms with van der Waals surface area (Å²) < 4.78 is 5.23. The first-order chi connectivity index (χ1) is 8.25. The first kappa shape index (κ1) is 15.4. The minimum Gasteiger partial charge on any atom is -0.467 e. The molecule has 1 aromatic rings. The summed E-state index contributed by atoms with van der Waals surface area (Å²) in [6, 6.07) is 4.05. The minimum absolute atomic E-state index is 0. The van der Waals surface area contributed by atoms with Gasteiger partial charge in [-0.15, -0.1) is 12.4 Å². The van der Waals surface area contributed by atoms with Gasteiger partial charge in [-0.1, -0.05) is 0 Å². The van der Waals surface area contributed by atoms with Gasteiger partial charge in [-0.2, -0.15) is 11.8 Å². The lowest BCUT2D eigenvalue weighted by molar-refractivity contribution is -0.131. The summed E-state index contributed by atoms with van der Waals surface area (Å²) in [5, 5.41) is 3.37. The molecular weight excluding hydrogens is 272 g/mol. The van der Waals surface area contributed by atoms with E-state index < -0.39 is 0 Å². The van der Waals surface area contributed by atoms with Crippen molar-refractivity contribution in [2.75, 3.05) is 25.1 Å². The number of halogens is 1. The van der Waals surface area contributed by atoms with Gasteiger partial charge >= 0.3 is 0 Å². The molecule has 1 aromatic heterocycles. The van der Waals surface area contributed by atoms with Gasteiger partial charge in [0.15, 0.2) is 0 Å². The van der Waals surface area contributed by atoms with Crippen LogP contribution in [0.15, 0.2) is 22.8 Å². The lowest BCUT2D eigenvalue weighted by Gasteiger charge is -2.25. The minimum atomic E-state index is 0. The van der Waals surface area contributed by atoms with E-state index in [4.69, 9.17) is 4.42 Å². The molecule has 2 rings (SSSR count). The summed E-state index contributed by atoms with van der Waals surface area (Å²) in [6.45, 7) is 1.55. The molecule has 0 aliphatic carbocycles. The Morgan fingerprint density at radius 2 is 2.50 bits per heavy atom. The Labute approximate surface area is 118 Å². The van der Waals surface area contributed by atoms with Gasteiger partial charge in [-0.3, -0.25) is 4.79 Å². The fraction of sp³-hybridized carbons (Fsp3) is 0.583. The number of nitrogens with one attached hydrogen (secondary N) is 1. The van der Waals surface area contributed by atoms with Crippen LogP contribution in [0, 0.1) is 0 Å². The molecule has 0 saturated carbocycles. The van der Waals surface area contributed by atoms with Crippen molar-refractivity contribution in [1.29, 1.82) is 0 Å². The smallest absolute Gasteiger partial charge is 0.224 e. The SMILES string of the molecule is CN(Cc1ccco1)C(=O)CC1CSCCN1.Cl. The number of furan rings is 1. The van der Waals surface area contributed by atoms with Crippen LogP contribution >= 0.6 is 24.2 Å². The fourth-order valence-electron chi connectivity index (χ4n) is 1.84. The number of amides is 1. The van der Waals surface area contributed by atoms with Gasteiger partial charge in [-0.25, -0.2) is 0 Å². The molecule has 0 radical (unpaired) electrons. The summed E-state index contributed by atoms with van der Waals surface area (Å²) in [7, 11) is 1.82. The molecule has 1 N–H and O–H groups in total. The van der Waals surface area contributed by atoms with E-state index in [1.807, 2.05) is 30.9 Å². The zero-order valence-corrected chi connectivity index (χ0v) is 12.1. The second-order valence-electron chi connectivity index (χ2n) is 4.26. The number of thioether (sulfide) groups is 1. The Bertz CT molecular complexity index is 353. The largest absolute Gasteiger partial charge is 0.467 e. The van der Waals surface area contributed by atoms with Gasteiger partial charge in [0.2, 0.25) is 5.91 Å². The number of hydrogen-bond donors (Lipinski definition) is 1. The molecule has 18 heavy (non-hydrogen) atoms. The van der Waals surface area contributed by atoms with Crippen molar-refractivity contribution in [1.82, 2.24) is 10.2 Å². The topological polar surface area (TPSA) is 45.5 Å². The summed E-state index contributed by atoms with van der Waals surface area (Å²) in [5.41, 5.74) is 0. The normalized spacial score (nSPS) is 19.1. The van der Waals surface area contributed by atoms with E-state index in [0.717, 1.165) is 23.8 Å². The average Bonchev–Trinajstić information content (AvgIpc) is 2.83. The zero-order chi connectivity index (χ0) is 12.1. The number of nitrogens with zero attached hydrogens (tertiary/aromatic N) is 1. The third kappa shape index (κ3) is 4.55. The summed E-state index contributed by atoms with van der Waals surface area (Å²) in [4.78, 5) is 13.7. The van der Waals surface area contributed by atoms with E-state index in [1.54, 1.807) is 11.2 Å². The van der Waals surface area contributed by atoms with Gasteiger partial charge < -0.3 is 14.6 Å². The van der Waals surface area contributed by atoms with Crippen LogP contribution in [-0.4, -0.2) is 41.9 Å². The Kier molecular flexibility index (Phi) is 6.60. The molecular formula is C12H19ClN2O2S. The van der Waals surface area contributed by atoms with E-state index in [1.165, 1.54) is 0 Å². The molecule has 4 nitrogen and oxygen atoms in total. The maximum atomic E-state index is 12.0. The van der Waals surface area contributed by atoms with Crippen molar-refractivity contribution >= 4 is 30.1 Å². The third-order valence-electron chi connectivity index (χ3n) is 2.82. The van der Waals surface area contributed by atoms with E-state index in [0.29, 0.717) is 19.0 Å². The molecule has 1 unspecified atom stereocenters. The van der Waals surface area contributed by atoms with Crippen molar-refractivity contribution in [2.45, 2.75) is 19.0 Å². The van der Waals surface area contributed by atoms with Crippen molar-refractivity contribution in [3.8, 4) is 0 Å². The van der Waals surface area contributed by atoms with Crippen molar-refractivity contribution in [3.63, 3.8) is 0 Å². The lowest BCUT2D eigenvalue weighted by Crippen LogP contribution is -2.41. The quantitative estimate of drug-likeness (QED) is 0.918. The van der Waals surface area contributed by atoms with Crippen LogP contribution in [0.4, 0.5) is 0 Å². The van der Waals surface area contributed by atoms with E-state index >= 15 is 0 Å². The summed E-state index contributed by atoms with van der Waals surface area (Å²) >= 11 is 1.91. The van der Waals surface area contributed by atoms with Crippen LogP contribution in [0.1, 0.15) is 12.2 Å². The Morgan fingerprint density at radius 1 is 1.67 bits per heavy atom. The zero-order valence-electron chi connectivity index (χ0n) is 10.4. The van der Waals surface area contributed by atoms with Crippen LogP contribution in [-0.2, 0) is 11.3 Å². The number of carbonyl (C=O) groups is 1. The Hall–Kier alpha value is -0.650. The predicted molar refractivity (Wildman–Crippen MR) is 76.2 cm³/mol. The third-order valence-corrected chi connectivity index (χ3v) is 3.95. The molecule has 6 heteroatoms. The highest BCUT2D eigenvalue weighted by molar-refractivity contribution is 7.99. The standard InChI is InChI=1S/C12H18N2O2S.ClH/c1-14(8-11-3-2-5-16-11)12(15)7-10-9-17-6-4-13-10;/h2-3,5,10,13H,4,6-9H2,1H3;1H. The molecule has 0 bridgehead atoms. The first-order valence-electron chi connectivity index (χ1n) is 5.83. The van der Waals surface area contributed by atoms with E-state index in [9.17, 15) is 4.79 Å². The second-order valence-corrected chi connectivity index (χ2v) is 5.41. The van der Waals surface area contributed by atoms with Gasteiger partial charge in [0.05, 0.1) is 12.8 Å². The molecule has 1 saturated heterocycles. The highest BCUT2D eigenvalue weighted by Gasteiger charge is 2.19. The maximum Gasteiger partial charge on any atom is 0.224 e. The lowest BCUT2D eigenvalue weighted by atomic mass is 10.2. The van der Waals surface area contributed by atoms with Crippen LogP contribution < -0.4 is 5.32 Å². The monoisotopic (exact) mass is 290 g/mol. The van der Waals surface area contributed by atoms with E-state index in [2.05, 4.69) is 5.32 Å². The predicted octanol–water partition coefficient (Wildman–Crippen LogP) is 1.75. The van der Waals surface area contributed by atoms with Gasteiger partial charge in [-0.05, 0) is 12.1 Å². The van der Waals surface area contributed by atoms with Crippen LogP contribution in [0.5, 0.6) is 0 Å². The molecule has 1 amide bonds. The number of carbonyl (C=O) groups excluding carboxylic acids is 1. The first-order valence-corrected chi connectivity index (χ1v) is 6.98. The summed E-state index contributed by atoms with van der Waals surface area (Å²) in [5.74, 6) is 3.17. The number of rotatable bonds is 4. The Morgan fingerprint density at radius 3 is 3.11 bits per heavy atom. The molecule has 1 fully saturated rings. The Balaban J connectivity index is 0.00000162. The van der Waals surface area contributed by atoms with Crippen LogP contribution in [0.3, 0.4) is 0 Å². The molecule has 102 valence electrons. The number of hydrogen-bond acceptors (Lipinski definition) is 4. The molecule has 1 aliphatic heterocycles. The average molecular weight is 291 g/mol. The van der Waals surface area contributed by atoms with E-state index in [-0.39, 0.29) is 18.3 Å². The fourth-order valence-corrected chi connectivity index (χ4v) is 2.79. The highest BCUT2D eigenvalue weighted by atomic mass is 35.5. The van der Waals surface area contributed by atoms with Crippen molar-refractivity contribution in [2.24, 2.45) is 0 Å².